The fourth-order valence-electron chi connectivity index (χ4n) is 7.23. The molecule has 0 amide bonds. The zero-order valence-corrected chi connectivity index (χ0v) is 25.0. The Morgan fingerprint density at radius 1 is 0.478 bits per heavy atom. The van der Waals surface area contributed by atoms with Gasteiger partial charge < -0.3 is 18.8 Å². The lowest BCUT2D eigenvalue weighted by molar-refractivity contribution is 0.465. The molecule has 2 aliphatic heterocycles. The predicted octanol–water partition coefficient (Wildman–Crippen LogP) is 9.25. The van der Waals surface area contributed by atoms with E-state index in [1.54, 1.807) is 0 Å². The van der Waals surface area contributed by atoms with Gasteiger partial charge in [0.25, 0.3) is 6.71 Å². The SMILES string of the molecule is Cc1ccc(N(c2ccccc2)c2ccc3cc4c(cc3c2)oc2cc3c(cc24)Oc2cccc4c2B3c2ccccc2O4)cc1. The first-order valence-electron chi connectivity index (χ1n) is 15.6. The summed E-state index contributed by atoms with van der Waals surface area (Å²) in [4.78, 5) is 2.30. The minimum atomic E-state index is 0.00452. The van der Waals surface area contributed by atoms with Gasteiger partial charge in [-0.25, -0.2) is 0 Å². The monoisotopic (exact) mass is 591 g/mol. The van der Waals surface area contributed by atoms with Crippen molar-refractivity contribution in [2.75, 3.05) is 4.90 Å². The van der Waals surface area contributed by atoms with Gasteiger partial charge in [-0.05, 0) is 107 Å². The van der Waals surface area contributed by atoms with E-state index in [-0.39, 0.29) is 6.71 Å². The fourth-order valence-corrected chi connectivity index (χ4v) is 7.23. The van der Waals surface area contributed by atoms with Gasteiger partial charge in [0.2, 0.25) is 0 Å². The first-order chi connectivity index (χ1) is 22.7. The lowest BCUT2D eigenvalue weighted by atomic mass is 9.35. The Morgan fingerprint density at radius 3 is 2.00 bits per heavy atom. The van der Waals surface area contributed by atoms with E-state index in [9.17, 15) is 0 Å². The van der Waals surface area contributed by atoms with Gasteiger partial charge in [0.1, 0.15) is 34.2 Å². The van der Waals surface area contributed by atoms with Crippen molar-refractivity contribution in [1.29, 1.82) is 0 Å². The Kier molecular flexibility index (Phi) is 5.26. The van der Waals surface area contributed by atoms with Crippen molar-refractivity contribution < 1.29 is 13.9 Å². The fraction of sp³-hybridized carbons (Fsp3) is 0.0244. The Balaban J connectivity index is 1.13. The first kappa shape index (κ1) is 25.4. The van der Waals surface area contributed by atoms with Crippen molar-refractivity contribution in [3.05, 3.63) is 145 Å². The maximum atomic E-state index is 6.63. The zero-order valence-electron chi connectivity index (χ0n) is 25.0. The summed E-state index contributed by atoms with van der Waals surface area (Å²) in [6.45, 7) is 2.12. The van der Waals surface area contributed by atoms with Crippen molar-refractivity contribution >= 4 is 72.9 Å². The number of aryl methyl sites for hydroxylation is 1. The van der Waals surface area contributed by atoms with E-state index in [0.717, 1.165) is 89.2 Å². The summed E-state index contributed by atoms with van der Waals surface area (Å²) in [7, 11) is 0. The number of benzene rings is 7. The molecule has 0 fully saturated rings. The highest BCUT2D eigenvalue weighted by molar-refractivity contribution is 6.98. The molecule has 0 N–H and O–H groups in total. The van der Waals surface area contributed by atoms with Gasteiger partial charge in [0.05, 0.1) is 0 Å². The molecule has 5 heteroatoms. The summed E-state index contributed by atoms with van der Waals surface area (Å²) < 4.78 is 19.5. The summed E-state index contributed by atoms with van der Waals surface area (Å²) in [6, 6.07) is 48.9. The Morgan fingerprint density at radius 2 is 1.15 bits per heavy atom. The molecule has 0 radical (unpaired) electrons. The van der Waals surface area contributed by atoms with Crippen molar-refractivity contribution in [2.24, 2.45) is 0 Å². The molecule has 0 aliphatic carbocycles. The lowest BCUT2D eigenvalue weighted by Crippen LogP contribution is -2.57. The van der Waals surface area contributed by atoms with Crippen LogP contribution in [-0.2, 0) is 0 Å². The van der Waals surface area contributed by atoms with Crippen LogP contribution in [-0.4, -0.2) is 6.71 Å². The third-order valence-electron chi connectivity index (χ3n) is 9.40. The minimum absolute atomic E-state index is 0.00452. The number of fused-ring (bicyclic) bond motifs is 8. The van der Waals surface area contributed by atoms with Crippen molar-refractivity contribution in [3.63, 3.8) is 0 Å². The number of hydrogen-bond acceptors (Lipinski definition) is 4. The summed E-state index contributed by atoms with van der Waals surface area (Å²) >= 11 is 0. The maximum Gasteiger partial charge on any atom is 0.260 e. The molecule has 0 saturated heterocycles. The van der Waals surface area contributed by atoms with E-state index < -0.39 is 0 Å². The molecule has 7 aromatic carbocycles. The molecule has 4 nitrogen and oxygen atoms in total. The number of rotatable bonds is 3. The third-order valence-corrected chi connectivity index (χ3v) is 9.40. The molecule has 0 saturated carbocycles. The van der Waals surface area contributed by atoms with E-state index in [2.05, 4.69) is 121 Å². The number of para-hydroxylation sites is 2. The van der Waals surface area contributed by atoms with Crippen LogP contribution in [0.25, 0.3) is 32.7 Å². The highest BCUT2D eigenvalue weighted by Crippen LogP contribution is 2.41. The molecule has 1 aromatic heterocycles. The van der Waals surface area contributed by atoms with Crippen molar-refractivity contribution in [1.82, 2.24) is 0 Å². The van der Waals surface area contributed by atoms with Crippen LogP contribution in [0.5, 0.6) is 23.0 Å². The normalized spacial score (nSPS) is 12.8. The summed E-state index contributed by atoms with van der Waals surface area (Å²) in [5, 5.41) is 4.40. The molecule has 0 unspecified atom stereocenters. The van der Waals surface area contributed by atoms with Gasteiger partial charge in [-0.15, -0.1) is 0 Å². The maximum absolute atomic E-state index is 6.63. The molecular formula is C41H26BNO3. The van der Waals surface area contributed by atoms with Crippen LogP contribution < -0.4 is 30.8 Å². The molecule has 216 valence electrons. The van der Waals surface area contributed by atoms with Crippen LogP contribution in [0.4, 0.5) is 17.1 Å². The Hall–Kier alpha value is -5.94. The molecule has 3 heterocycles. The van der Waals surface area contributed by atoms with Crippen LogP contribution in [0.2, 0.25) is 0 Å². The van der Waals surface area contributed by atoms with E-state index in [1.807, 2.05) is 30.3 Å². The molecule has 0 atom stereocenters. The van der Waals surface area contributed by atoms with Gasteiger partial charge >= 0.3 is 0 Å². The van der Waals surface area contributed by atoms with E-state index in [4.69, 9.17) is 13.9 Å². The van der Waals surface area contributed by atoms with E-state index >= 15 is 0 Å². The smallest absolute Gasteiger partial charge is 0.260 e. The highest BCUT2D eigenvalue weighted by atomic mass is 16.5. The molecule has 2 aliphatic rings. The van der Waals surface area contributed by atoms with Gasteiger partial charge in [0.15, 0.2) is 0 Å². The number of hydrogen-bond donors (Lipinski definition) is 0. The summed E-state index contributed by atoms with van der Waals surface area (Å²) in [5.74, 6) is 3.42. The number of anilines is 3. The predicted molar refractivity (Wildman–Crippen MR) is 188 cm³/mol. The number of nitrogens with zero attached hydrogens (tertiary/aromatic N) is 1. The standard InChI is InChI=1S/C41H26BNO3/c1-25-14-17-29(18-15-25)43(28-8-3-2-4-9-28)30-19-16-26-21-31-32-23-40-34(24-39(32)46-38(31)22-27(26)20-30)42-33-10-5-6-11-35(33)44-36-12-7-13-37(45-40)41(36)42/h2-24H,1H3. The molecule has 0 bridgehead atoms. The second-order valence-electron chi connectivity index (χ2n) is 12.2. The molecule has 8 aromatic rings. The summed E-state index contributed by atoms with van der Waals surface area (Å²) in [6.07, 6.45) is 0. The molecule has 10 rings (SSSR count). The Labute approximate surface area is 266 Å². The lowest BCUT2D eigenvalue weighted by Gasteiger charge is -2.32. The number of furan rings is 1. The van der Waals surface area contributed by atoms with Gasteiger partial charge in [-0.3, -0.25) is 0 Å². The largest absolute Gasteiger partial charge is 0.458 e. The van der Waals surface area contributed by atoms with Crippen LogP contribution >= 0.6 is 0 Å². The summed E-state index contributed by atoms with van der Waals surface area (Å²) in [5.41, 5.74) is 9.55. The van der Waals surface area contributed by atoms with Gasteiger partial charge in [0, 0.05) is 33.3 Å². The molecule has 46 heavy (non-hydrogen) atoms. The number of ether oxygens (including phenoxy) is 2. The second kappa shape index (κ2) is 9.53. The van der Waals surface area contributed by atoms with Gasteiger partial charge in [-0.2, -0.15) is 0 Å². The van der Waals surface area contributed by atoms with Crippen LogP contribution in [0.1, 0.15) is 5.56 Å². The average Bonchev–Trinajstić information content (AvgIpc) is 3.43. The van der Waals surface area contributed by atoms with Crippen molar-refractivity contribution in [2.45, 2.75) is 6.92 Å². The zero-order chi connectivity index (χ0) is 30.4. The second-order valence-corrected chi connectivity index (χ2v) is 12.2. The van der Waals surface area contributed by atoms with Crippen molar-refractivity contribution in [3.8, 4) is 23.0 Å². The van der Waals surface area contributed by atoms with Crippen LogP contribution in [0.3, 0.4) is 0 Å². The van der Waals surface area contributed by atoms with Crippen LogP contribution in [0.15, 0.2) is 144 Å². The first-order valence-corrected chi connectivity index (χ1v) is 15.6. The molecule has 0 spiro atoms. The minimum Gasteiger partial charge on any atom is -0.458 e. The third kappa shape index (κ3) is 3.75. The average molecular weight is 591 g/mol. The molecular weight excluding hydrogens is 565 g/mol. The quantitative estimate of drug-likeness (QED) is 0.192. The van der Waals surface area contributed by atoms with E-state index in [0.29, 0.717) is 0 Å². The topological polar surface area (TPSA) is 34.8 Å². The van der Waals surface area contributed by atoms with Gasteiger partial charge in [-0.1, -0.05) is 66.2 Å². The van der Waals surface area contributed by atoms with Crippen LogP contribution in [0, 0.1) is 6.92 Å². The van der Waals surface area contributed by atoms with E-state index in [1.165, 1.54) is 5.56 Å². The highest BCUT2D eigenvalue weighted by Gasteiger charge is 2.40. The Bertz CT molecular complexity index is 2500.